The van der Waals surface area contributed by atoms with E-state index in [0.29, 0.717) is 23.0 Å². The van der Waals surface area contributed by atoms with Crippen LogP contribution in [-0.2, 0) is 28.3 Å². The molecule has 0 bridgehead atoms. The summed E-state index contributed by atoms with van der Waals surface area (Å²) in [6.07, 6.45) is 1.55. The highest BCUT2D eigenvalue weighted by atomic mass is 79.9. The zero-order valence-electron chi connectivity index (χ0n) is 68.6. The van der Waals surface area contributed by atoms with E-state index >= 15 is 0 Å². The van der Waals surface area contributed by atoms with Gasteiger partial charge in [0.15, 0.2) is 0 Å². The van der Waals surface area contributed by atoms with Gasteiger partial charge in [0.05, 0.1) is 110 Å². The number of aromatic amines is 4. The Hall–Kier alpha value is -9.10. The molecule has 4 N–H and O–H groups in total. The molecule has 5 saturated heterocycles. The third-order valence-corrected chi connectivity index (χ3v) is 27.0. The Balaban J connectivity index is 0.000000158. The van der Waals surface area contributed by atoms with Gasteiger partial charge < -0.3 is 58.0 Å². The van der Waals surface area contributed by atoms with Gasteiger partial charge >= 0.3 is 31.5 Å². The molecule has 5 aliphatic heterocycles. The molecule has 606 valence electrons. The predicted octanol–water partition coefficient (Wildman–Crippen LogP) is 20.3. The standard InChI is InChI=1S/C39H46F2N6O4Si.C24H32BF2N3O4.C21H26BrN3O2Si/c1-37(2,3)50-35(48)46-21-39(40,41)18-30(46)33-42-19-29(44-33)24-11-9-23(10-12-24)25-13-15-27-26(17-25)14-16-28-32(27)45-34(43-28)31-20-52(7,8)22-47(31)36(49)51-38(4,5)6;1-21(2,3)32-20(31)30-14-24(26,27)12-18(30)19-28-13-17(29-19)15-8-10-16(11-9-15)25-33-22(4,5)23(6,7)34-25;1-21(2,3)27-20(26)25-12-28(4,5)11-17(25)19-23-16-9-6-13-10-14(22)7-8-15(13)18(16)24-19/h9-17,19,30-31H,18,20-22H2,1-8H3,(H,42,44)(H,43,45);8-11,13,18H,12,14H2,1-7H3,(H,28,29);6-10,17H,11-12H2,1-5H3,(H,23,24)/t30-,31-;18-;17-/m000/s1. The number of imidazole rings is 4. The first-order valence-electron chi connectivity index (χ1n) is 38.7. The van der Waals surface area contributed by atoms with Crippen molar-refractivity contribution in [2.45, 2.75) is 232 Å². The molecule has 0 radical (unpaired) electrons. The monoisotopic (exact) mass is 1660 g/mol. The summed E-state index contributed by atoms with van der Waals surface area (Å²) in [6.45, 7) is 37.4. The van der Waals surface area contributed by atoms with Crippen molar-refractivity contribution in [2.24, 2.45) is 0 Å². The van der Waals surface area contributed by atoms with Crippen molar-refractivity contribution < 1.29 is 65.0 Å². The van der Waals surface area contributed by atoms with E-state index < -0.39 is 119 Å². The minimum atomic E-state index is -3.04. The third kappa shape index (κ3) is 18.6. The molecule has 0 spiro atoms. The van der Waals surface area contributed by atoms with Crippen LogP contribution in [0.15, 0.2) is 126 Å². The van der Waals surface area contributed by atoms with Crippen LogP contribution in [-0.4, -0.2) is 178 Å². The number of fused-ring (bicyclic) bond motifs is 6. The summed E-state index contributed by atoms with van der Waals surface area (Å²) >= 11 is 3.53. The number of ether oxygens (including phenoxy) is 4. The summed E-state index contributed by atoms with van der Waals surface area (Å²) in [5, 5.41) is 4.31. The Bertz CT molecular complexity index is 5280. The molecule has 4 atom stereocenters. The van der Waals surface area contributed by atoms with Crippen molar-refractivity contribution in [2.75, 3.05) is 25.4 Å². The zero-order chi connectivity index (χ0) is 82.8. The molecule has 0 aliphatic carbocycles. The van der Waals surface area contributed by atoms with Crippen molar-refractivity contribution in [3.8, 4) is 33.6 Å². The second-order valence-electron chi connectivity index (χ2n) is 37.5. The van der Waals surface area contributed by atoms with Crippen LogP contribution < -0.4 is 5.46 Å². The lowest BCUT2D eigenvalue weighted by molar-refractivity contribution is -0.00248. The van der Waals surface area contributed by atoms with Gasteiger partial charge in [0, 0.05) is 40.4 Å². The molecule has 15 rings (SSSR count). The van der Waals surface area contributed by atoms with Crippen LogP contribution >= 0.6 is 15.9 Å². The van der Waals surface area contributed by atoms with E-state index in [4.69, 9.17) is 38.2 Å². The van der Waals surface area contributed by atoms with Crippen LogP contribution in [0.25, 0.3) is 77.3 Å². The summed E-state index contributed by atoms with van der Waals surface area (Å²) in [4.78, 5) is 89.3. The number of H-pyrrole nitrogens is 4. The maximum Gasteiger partial charge on any atom is 0.494 e. The molecular formula is C84H104BBrF4N12O10Si2. The summed E-state index contributed by atoms with van der Waals surface area (Å²) in [7, 11) is -3.68. The van der Waals surface area contributed by atoms with Crippen LogP contribution in [0.2, 0.25) is 38.3 Å². The van der Waals surface area contributed by atoms with E-state index in [9.17, 15) is 36.7 Å². The number of hydrogen-bond acceptors (Lipinski definition) is 14. The van der Waals surface area contributed by atoms with Crippen molar-refractivity contribution in [3.05, 3.63) is 149 Å². The number of nitrogens with zero attached hydrogens (tertiary/aromatic N) is 8. The summed E-state index contributed by atoms with van der Waals surface area (Å²) in [5.41, 5.74) is 6.10. The fourth-order valence-corrected chi connectivity index (χ4v) is 21.4. The molecule has 0 unspecified atom stereocenters. The van der Waals surface area contributed by atoms with Gasteiger partial charge in [-0.25, -0.2) is 56.7 Å². The lowest BCUT2D eigenvalue weighted by atomic mass is 9.79. The highest BCUT2D eigenvalue weighted by Crippen LogP contribution is 2.46. The predicted molar refractivity (Wildman–Crippen MR) is 444 cm³/mol. The highest BCUT2D eigenvalue weighted by Gasteiger charge is 2.54. The van der Waals surface area contributed by atoms with Gasteiger partial charge in [0.2, 0.25) is 0 Å². The van der Waals surface area contributed by atoms with Crippen molar-refractivity contribution in [1.29, 1.82) is 0 Å². The first-order valence-corrected chi connectivity index (χ1v) is 46.4. The van der Waals surface area contributed by atoms with Crippen molar-refractivity contribution in [3.63, 3.8) is 0 Å². The number of benzene rings is 6. The Morgan fingerprint density at radius 3 is 1.23 bits per heavy atom. The lowest BCUT2D eigenvalue weighted by Crippen LogP contribution is -2.41. The Kier molecular flexibility index (Phi) is 21.7. The van der Waals surface area contributed by atoms with E-state index in [-0.39, 0.29) is 24.3 Å². The van der Waals surface area contributed by atoms with Crippen molar-refractivity contribution in [1.82, 2.24) is 59.5 Å². The van der Waals surface area contributed by atoms with E-state index in [1.165, 1.54) is 0 Å². The summed E-state index contributed by atoms with van der Waals surface area (Å²) in [6, 6.07) is 36.2. The van der Waals surface area contributed by atoms with Gasteiger partial charge in [0.25, 0.3) is 11.8 Å². The molecule has 9 heterocycles. The average Bonchev–Trinajstić information content (AvgIpc) is 1.41. The molecule has 30 heteroatoms. The highest BCUT2D eigenvalue weighted by molar-refractivity contribution is 9.10. The molecule has 5 aliphatic rings. The quantitative estimate of drug-likeness (QED) is 0.0627. The second-order valence-corrected chi connectivity index (χ2v) is 48.5. The number of alkyl halides is 4. The van der Waals surface area contributed by atoms with Gasteiger partial charge in [-0.2, -0.15) is 0 Å². The number of hydrogen-bond donors (Lipinski definition) is 4. The number of aromatic nitrogens is 8. The number of carbonyl (C=O) groups excluding carboxylic acids is 4. The van der Waals surface area contributed by atoms with E-state index in [1.54, 1.807) is 53.9 Å². The zero-order valence-corrected chi connectivity index (χ0v) is 72.2. The first kappa shape index (κ1) is 82.9. The van der Waals surface area contributed by atoms with E-state index in [1.807, 2.05) is 140 Å². The number of nitrogens with one attached hydrogen (secondary N) is 4. The fraction of sp³-hybridized carbons (Fsp3) is 0.476. The molecule has 0 saturated carbocycles. The fourth-order valence-electron chi connectivity index (χ4n) is 15.3. The van der Waals surface area contributed by atoms with Gasteiger partial charge in [-0.05, 0) is 192 Å². The molecule has 22 nitrogen and oxygen atoms in total. The van der Waals surface area contributed by atoms with Gasteiger partial charge in [-0.15, -0.1) is 0 Å². The number of carbonyl (C=O) groups is 4. The van der Waals surface area contributed by atoms with Gasteiger partial charge in [-0.1, -0.05) is 121 Å². The normalized spacial score (nSPS) is 21.0. The minimum absolute atomic E-state index is 0.0607. The van der Waals surface area contributed by atoms with Gasteiger partial charge in [0.1, 0.15) is 45.7 Å². The Morgan fingerprint density at radius 1 is 0.465 bits per heavy atom. The van der Waals surface area contributed by atoms with Crippen LogP contribution in [0.4, 0.5) is 36.7 Å². The third-order valence-electron chi connectivity index (χ3n) is 21.2. The minimum Gasteiger partial charge on any atom is -0.444 e. The second kappa shape index (κ2) is 29.9. The first-order chi connectivity index (χ1) is 52.8. The average molecular weight is 1660 g/mol. The number of halogens is 5. The Morgan fingerprint density at radius 2 is 0.825 bits per heavy atom. The molecule has 4 aromatic heterocycles. The van der Waals surface area contributed by atoms with Crippen LogP contribution in [0.5, 0.6) is 0 Å². The maximum atomic E-state index is 14.5. The topological polar surface area (TPSA) is 251 Å². The molecule has 10 aromatic rings. The number of rotatable bonds is 8. The smallest absolute Gasteiger partial charge is 0.444 e. The van der Waals surface area contributed by atoms with E-state index in [0.717, 1.165) is 122 Å². The van der Waals surface area contributed by atoms with Crippen LogP contribution in [0.3, 0.4) is 0 Å². The molecule has 5 fully saturated rings. The molecule has 6 aromatic carbocycles. The largest absolute Gasteiger partial charge is 0.494 e. The van der Waals surface area contributed by atoms with Crippen LogP contribution in [0, 0.1) is 0 Å². The van der Waals surface area contributed by atoms with Gasteiger partial charge in [-0.3, -0.25) is 9.80 Å². The SMILES string of the molecule is CC(C)(C)OC(=O)N1CC(F)(F)C[C@H]1c1ncc(-c2ccc(-c3ccc4c(ccc5[nH]c([C@@H]6C[Si](C)(C)CN6C(=O)OC(C)(C)C)nc54)c3)cc2)[nH]1.CC(C)(C)OC(=O)N1CC(F)(F)C[C@H]1c1ncc(-c2ccc(B3OC(C)(C)C(C)(C)O3)cc2)[nH]1.CC(C)(C)OC(=O)N1C[Si](C)(C)C[C@H]1c1nc2c(ccc3cc(Br)ccc32)[nH]1. The number of likely N-dealkylation sites (tertiary alicyclic amines) is 2. The van der Waals surface area contributed by atoms with Crippen LogP contribution in [0.1, 0.15) is 171 Å². The Labute approximate surface area is 673 Å². The summed E-state index contributed by atoms with van der Waals surface area (Å²) < 4.78 is 92.9. The molecular weight excluding hydrogens is 1560 g/mol. The van der Waals surface area contributed by atoms with E-state index in [2.05, 4.69) is 121 Å². The van der Waals surface area contributed by atoms with Crippen molar-refractivity contribution >= 4 is 113 Å². The molecule has 4 amide bonds. The molecule has 114 heavy (non-hydrogen) atoms. The maximum absolute atomic E-state index is 14.5. The number of amides is 4. The lowest BCUT2D eigenvalue weighted by Gasteiger charge is -2.32. The summed E-state index contributed by atoms with van der Waals surface area (Å²) in [5.74, 6) is -3.83.